The maximum absolute atomic E-state index is 5.34. The maximum atomic E-state index is 5.34. The van der Waals surface area contributed by atoms with Crippen LogP contribution in [0.1, 0.15) is 34.9 Å². The fraction of sp³-hybridized carbons (Fsp3) is 0.467. The van der Waals surface area contributed by atoms with Crippen molar-refractivity contribution >= 4 is 0 Å². The van der Waals surface area contributed by atoms with Crippen molar-refractivity contribution in [1.29, 1.82) is 0 Å². The molecule has 1 aromatic carbocycles. The first-order chi connectivity index (χ1) is 9.63. The Morgan fingerprint density at radius 1 is 1.35 bits per heavy atom. The second-order valence-corrected chi connectivity index (χ2v) is 5.25. The van der Waals surface area contributed by atoms with Crippen LogP contribution in [-0.4, -0.2) is 28.9 Å². The molecule has 1 aromatic heterocycles. The molecule has 20 heavy (non-hydrogen) atoms. The van der Waals surface area contributed by atoms with Crippen molar-refractivity contribution in [2.24, 2.45) is 0 Å². The van der Waals surface area contributed by atoms with Crippen molar-refractivity contribution in [2.45, 2.75) is 32.4 Å². The number of hydrogen-bond donors (Lipinski definition) is 1. The van der Waals surface area contributed by atoms with Gasteiger partial charge < -0.3 is 10.1 Å². The number of aromatic nitrogens is 3. The van der Waals surface area contributed by atoms with Crippen LogP contribution in [0.4, 0.5) is 0 Å². The standard InChI is InChI=1S/C15H20N4O/c1-9-17-10(2)19(18-9)14-7-11-5-6-12(20-4)8-13(11)15(14)16-3/h5-6,8,14-16H,7H2,1-4H3. The lowest BCUT2D eigenvalue weighted by Gasteiger charge is -2.21. The quantitative estimate of drug-likeness (QED) is 0.928. The fourth-order valence-corrected chi connectivity index (χ4v) is 3.15. The van der Waals surface area contributed by atoms with Crippen molar-refractivity contribution in [2.75, 3.05) is 14.2 Å². The molecule has 1 heterocycles. The SMILES string of the molecule is CNC1c2cc(OC)ccc2CC1n1nc(C)nc1C. The van der Waals surface area contributed by atoms with Gasteiger partial charge >= 0.3 is 0 Å². The van der Waals surface area contributed by atoms with Crippen molar-refractivity contribution in [1.82, 2.24) is 20.1 Å². The molecule has 5 nitrogen and oxygen atoms in total. The van der Waals surface area contributed by atoms with Crippen LogP contribution in [0.2, 0.25) is 0 Å². The minimum absolute atomic E-state index is 0.236. The number of likely N-dealkylation sites (N-methyl/N-ethyl adjacent to an activating group) is 1. The summed E-state index contributed by atoms with van der Waals surface area (Å²) in [6.45, 7) is 3.94. The first kappa shape index (κ1) is 13.1. The number of nitrogens with one attached hydrogen (secondary N) is 1. The summed E-state index contributed by atoms with van der Waals surface area (Å²) in [5.41, 5.74) is 2.65. The zero-order valence-electron chi connectivity index (χ0n) is 12.3. The van der Waals surface area contributed by atoms with E-state index in [-0.39, 0.29) is 12.1 Å². The highest BCUT2D eigenvalue weighted by atomic mass is 16.5. The molecule has 0 radical (unpaired) electrons. The molecule has 0 saturated heterocycles. The van der Waals surface area contributed by atoms with E-state index in [0.29, 0.717) is 0 Å². The van der Waals surface area contributed by atoms with Gasteiger partial charge in [0, 0.05) is 0 Å². The normalized spacial score (nSPS) is 21.0. The average Bonchev–Trinajstić information content (AvgIpc) is 2.96. The molecule has 1 aliphatic carbocycles. The van der Waals surface area contributed by atoms with Crippen molar-refractivity contribution in [3.63, 3.8) is 0 Å². The number of hydrogen-bond acceptors (Lipinski definition) is 4. The predicted octanol–water partition coefficient (Wildman–Crippen LogP) is 1.96. The van der Waals surface area contributed by atoms with Gasteiger partial charge in [-0.15, -0.1) is 0 Å². The zero-order chi connectivity index (χ0) is 14.3. The van der Waals surface area contributed by atoms with Gasteiger partial charge in [-0.25, -0.2) is 9.67 Å². The number of benzene rings is 1. The van der Waals surface area contributed by atoms with Gasteiger partial charge in [-0.3, -0.25) is 0 Å². The molecule has 2 aromatic rings. The van der Waals surface area contributed by atoms with E-state index in [1.807, 2.05) is 31.6 Å². The molecule has 1 aliphatic rings. The Kier molecular flexibility index (Phi) is 3.22. The molecule has 0 saturated carbocycles. The molecule has 0 spiro atoms. The molecule has 3 rings (SSSR count). The summed E-state index contributed by atoms with van der Waals surface area (Å²) in [4.78, 5) is 4.42. The first-order valence-electron chi connectivity index (χ1n) is 6.88. The third-order valence-electron chi connectivity index (χ3n) is 4.03. The second kappa shape index (κ2) is 4.90. The van der Waals surface area contributed by atoms with E-state index in [1.165, 1.54) is 11.1 Å². The monoisotopic (exact) mass is 272 g/mol. The Labute approximate surface area is 119 Å². The summed E-state index contributed by atoms with van der Waals surface area (Å²) >= 11 is 0. The Bertz CT molecular complexity index is 635. The maximum Gasteiger partial charge on any atom is 0.147 e. The fourth-order valence-electron chi connectivity index (χ4n) is 3.15. The van der Waals surface area contributed by atoms with E-state index in [2.05, 4.69) is 27.5 Å². The van der Waals surface area contributed by atoms with Crippen molar-refractivity contribution in [3.8, 4) is 5.75 Å². The molecule has 1 N–H and O–H groups in total. The van der Waals surface area contributed by atoms with E-state index in [4.69, 9.17) is 4.74 Å². The predicted molar refractivity (Wildman–Crippen MR) is 77.0 cm³/mol. The molecule has 5 heteroatoms. The molecule has 2 unspecified atom stereocenters. The van der Waals surface area contributed by atoms with Crippen LogP contribution in [0.3, 0.4) is 0 Å². The minimum Gasteiger partial charge on any atom is -0.497 e. The van der Waals surface area contributed by atoms with Gasteiger partial charge in [0.1, 0.15) is 17.4 Å². The van der Waals surface area contributed by atoms with Gasteiger partial charge in [0.25, 0.3) is 0 Å². The minimum atomic E-state index is 0.236. The second-order valence-electron chi connectivity index (χ2n) is 5.25. The summed E-state index contributed by atoms with van der Waals surface area (Å²) in [5.74, 6) is 2.69. The first-order valence-corrected chi connectivity index (χ1v) is 6.88. The number of ether oxygens (including phenoxy) is 1. The van der Waals surface area contributed by atoms with Crippen LogP contribution in [0.5, 0.6) is 5.75 Å². The summed E-state index contributed by atoms with van der Waals surface area (Å²) < 4.78 is 7.38. The Morgan fingerprint density at radius 2 is 2.15 bits per heavy atom. The molecule has 0 amide bonds. The summed E-state index contributed by atoms with van der Waals surface area (Å²) in [6, 6.07) is 6.80. The lowest BCUT2D eigenvalue weighted by molar-refractivity contribution is 0.362. The van der Waals surface area contributed by atoms with Crippen LogP contribution in [-0.2, 0) is 6.42 Å². The van der Waals surface area contributed by atoms with Crippen LogP contribution in [0.15, 0.2) is 18.2 Å². The van der Waals surface area contributed by atoms with Gasteiger partial charge in [-0.05, 0) is 50.6 Å². The van der Waals surface area contributed by atoms with Crippen molar-refractivity contribution in [3.05, 3.63) is 41.0 Å². The van der Waals surface area contributed by atoms with E-state index in [1.54, 1.807) is 7.11 Å². The highest BCUT2D eigenvalue weighted by molar-refractivity contribution is 5.42. The summed E-state index contributed by atoms with van der Waals surface area (Å²) in [6.07, 6.45) is 0.967. The van der Waals surface area contributed by atoms with Crippen molar-refractivity contribution < 1.29 is 4.74 Å². The summed E-state index contributed by atoms with van der Waals surface area (Å²) in [7, 11) is 3.69. The van der Waals surface area contributed by atoms with Crippen LogP contribution < -0.4 is 10.1 Å². The molecule has 0 fully saturated rings. The Balaban J connectivity index is 2.02. The average molecular weight is 272 g/mol. The van der Waals surface area contributed by atoms with Gasteiger partial charge in [-0.2, -0.15) is 5.10 Å². The third-order valence-corrected chi connectivity index (χ3v) is 4.03. The van der Waals surface area contributed by atoms with E-state index < -0.39 is 0 Å². The smallest absolute Gasteiger partial charge is 0.147 e. The number of methoxy groups -OCH3 is 1. The highest BCUT2D eigenvalue weighted by Crippen LogP contribution is 2.40. The highest BCUT2D eigenvalue weighted by Gasteiger charge is 2.34. The summed E-state index contributed by atoms with van der Waals surface area (Å²) in [5, 5.41) is 7.96. The number of aryl methyl sites for hydroxylation is 2. The van der Waals surface area contributed by atoms with Gasteiger partial charge in [0.05, 0.1) is 19.2 Å². The number of fused-ring (bicyclic) bond motifs is 1. The molecule has 2 atom stereocenters. The Morgan fingerprint density at radius 3 is 2.75 bits per heavy atom. The van der Waals surface area contributed by atoms with E-state index in [9.17, 15) is 0 Å². The van der Waals surface area contributed by atoms with E-state index in [0.717, 1.165) is 23.8 Å². The topological polar surface area (TPSA) is 52.0 Å². The van der Waals surface area contributed by atoms with Crippen LogP contribution in [0, 0.1) is 13.8 Å². The number of nitrogens with zero attached hydrogens (tertiary/aromatic N) is 3. The number of rotatable bonds is 3. The molecule has 106 valence electrons. The van der Waals surface area contributed by atoms with Gasteiger partial charge in [0.2, 0.25) is 0 Å². The lowest BCUT2D eigenvalue weighted by Crippen LogP contribution is -2.26. The van der Waals surface area contributed by atoms with Crippen LogP contribution >= 0.6 is 0 Å². The van der Waals surface area contributed by atoms with E-state index >= 15 is 0 Å². The third kappa shape index (κ3) is 1.98. The Hall–Kier alpha value is -1.88. The largest absolute Gasteiger partial charge is 0.497 e. The molecular formula is C15H20N4O. The van der Waals surface area contributed by atoms with Crippen LogP contribution in [0.25, 0.3) is 0 Å². The van der Waals surface area contributed by atoms with Gasteiger partial charge in [-0.1, -0.05) is 6.07 Å². The molecule has 0 bridgehead atoms. The zero-order valence-corrected chi connectivity index (χ0v) is 12.3. The lowest BCUT2D eigenvalue weighted by atomic mass is 10.1. The molecular weight excluding hydrogens is 252 g/mol. The molecule has 0 aliphatic heterocycles. The van der Waals surface area contributed by atoms with Gasteiger partial charge in [0.15, 0.2) is 0 Å².